The van der Waals surface area contributed by atoms with Gasteiger partial charge in [-0.25, -0.2) is 9.97 Å². The second-order valence-corrected chi connectivity index (χ2v) is 5.27. The largest absolute Gasteiger partial charge is 0.353 e. The van der Waals surface area contributed by atoms with E-state index in [1.807, 2.05) is 19.3 Å². The van der Waals surface area contributed by atoms with Crippen LogP contribution in [0.4, 0.5) is 5.82 Å². The molecule has 0 radical (unpaired) electrons. The molecule has 0 saturated heterocycles. The molecule has 0 spiro atoms. The Kier molecular flexibility index (Phi) is 2.48. The van der Waals surface area contributed by atoms with Crippen molar-refractivity contribution in [2.24, 2.45) is 0 Å². The van der Waals surface area contributed by atoms with Gasteiger partial charge in [0.2, 0.25) is 0 Å². The molecule has 6 nitrogen and oxygen atoms in total. The lowest BCUT2D eigenvalue weighted by Gasteiger charge is -2.18. The smallest absolute Gasteiger partial charge is 0.142 e. The molecule has 0 aromatic carbocycles. The first-order chi connectivity index (χ1) is 9.83. The van der Waals surface area contributed by atoms with Crippen LogP contribution in [-0.2, 0) is 19.4 Å². The molecular weight excluding hydrogens is 252 g/mol. The van der Waals surface area contributed by atoms with E-state index in [0.717, 1.165) is 41.9 Å². The summed E-state index contributed by atoms with van der Waals surface area (Å²) in [4.78, 5) is 13.9. The number of nitrogens with zero attached hydrogens (tertiary/aromatic N) is 4. The van der Waals surface area contributed by atoms with Gasteiger partial charge in [-0.15, -0.1) is 0 Å². The molecule has 20 heavy (non-hydrogen) atoms. The molecule has 0 unspecified atom stereocenters. The highest BCUT2D eigenvalue weighted by molar-refractivity contribution is 5.87. The number of aromatic amines is 2. The highest BCUT2D eigenvalue weighted by atomic mass is 15.2. The van der Waals surface area contributed by atoms with E-state index in [4.69, 9.17) is 0 Å². The fourth-order valence-electron chi connectivity index (χ4n) is 2.98. The molecule has 2 N–H and O–H groups in total. The topological polar surface area (TPSA) is 73.5 Å². The number of aryl methyl sites for hydroxylation is 1. The highest BCUT2D eigenvalue weighted by Crippen LogP contribution is 2.26. The third-order valence-corrected chi connectivity index (χ3v) is 3.97. The van der Waals surface area contributed by atoms with Crippen LogP contribution < -0.4 is 4.90 Å². The normalized spacial score (nSPS) is 13.8. The summed E-state index contributed by atoms with van der Waals surface area (Å²) in [5.74, 6) is 0.936. The lowest BCUT2D eigenvalue weighted by molar-refractivity contribution is 0.807. The van der Waals surface area contributed by atoms with Crippen LogP contribution in [0.5, 0.6) is 0 Å². The van der Waals surface area contributed by atoms with Gasteiger partial charge in [0.15, 0.2) is 0 Å². The van der Waals surface area contributed by atoms with Gasteiger partial charge in [-0.1, -0.05) is 0 Å². The Morgan fingerprint density at radius 2 is 2.25 bits per heavy atom. The molecular formula is C14H16N6. The number of hydrogen-bond acceptors (Lipinski definition) is 4. The van der Waals surface area contributed by atoms with Gasteiger partial charge in [-0.05, 0) is 30.9 Å². The van der Waals surface area contributed by atoms with Gasteiger partial charge in [0.05, 0.1) is 17.6 Å². The maximum absolute atomic E-state index is 4.45. The molecule has 1 aliphatic rings. The Labute approximate surface area is 116 Å². The number of aromatic nitrogens is 5. The molecule has 3 heterocycles. The zero-order valence-electron chi connectivity index (χ0n) is 11.3. The van der Waals surface area contributed by atoms with E-state index in [0.29, 0.717) is 0 Å². The molecule has 0 amide bonds. The molecule has 0 fully saturated rings. The first kappa shape index (κ1) is 11.5. The molecule has 0 atom stereocenters. The van der Waals surface area contributed by atoms with Crippen molar-refractivity contribution in [3.63, 3.8) is 0 Å². The Morgan fingerprint density at radius 1 is 1.30 bits per heavy atom. The van der Waals surface area contributed by atoms with Gasteiger partial charge in [0, 0.05) is 18.9 Å². The maximum atomic E-state index is 4.45. The van der Waals surface area contributed by atoms with Crippen molar-refractivity contribution in [3.8, 4) is 0 Å². The minimum absolute atomic E-state index is 0.767. The van der Waals surface area contributed by atoms with E-state index in [1.165, 1.54) is 17.7 Å². The van der Waals surface area contributed by atoms with E-state index in [-0.39, 0.29) is 0 Å². The highest BCUT2D eigenvalue weighted by Gasteiger charge is 2.20. The van der Waals surface area contributed by atoms with Crippen LogP contribution in [0.1, 0.15) is 23.4 Å². The van der Waals surface area contributed by atoms with Crippen molar-refractivity contribution >= 4 is 16.9 Å². The van der Waals surface area contributed by atoms with Crippen LogP contribution in [0.25, 0.3) is 11.0 Å². The fourth-order valence-corrected chi connectivity index (χ4v) is 2.98. The summed E-state index contributed by atoms with van der Waals surface area (Å²) in [7, 11) is 2.05. The zero-order valence-corrected chi connectivity index (χ0v) is 11.3. The minimum atomic E-state index is 0.767. The van der Waals surface area contributed by atoms with E-state index in [9.17, 15) is 0 Å². The third-order valence-electron chi connectivity index (χ3n) is 3.97. The van der Waals surface area contributed by atoms with Crippen molar-refractivity contribution < 1.29 is 0 Å². The summed E-state index contributed by atoms with van der Waals surface area (Å²) in [5, 5.41) is 8.66. The number of rotatable bonds is 3. The summed E-state index contributed by atoms with van der Waals surface area (Å²) < 4.78 is 0. The SMILES string of the molecule is CN(Cc1n[nH]c2c1CCC2)c1ncnc2[nH]ccc12. The van der Waals surface area contributed by atoms with Gasteiger partial charge < -0.3 is 9.88 Å². The molecule has 4 rings (SSSR count). The second kappa shape index (κ2) is 4.33. The van der Waals surface area contributed by atoms with Crippen LogP contribution >= 0.6 is 0 Å². The Hall–Kier alpha value is -2.37. The predicted molar refractivity (Wildman–Crippen MR) is 76.6 cm³/mol. The Balaban J connectivity index is 1.67. The van der Waals surface area contributed by atoms with Crippen LogP contribution in [0, 0.1) is 0 Å². The molecule has 0 saturated carbocycles. The number of fused-ring (bicyclic) bond motifs is 2. The first-order valence-electron chi connectivity index (χ1n) is 6.87. The van der Waals surface area contributed by atoms with E-state index in [1.54, 1.807) is 6.33 Å². The fraction of sp³-hybridized carbons (Fsp3) is 0.357. The zero-order chi connectivity index (χ0) is 13.5. The van der Waals surface area contributed by atoms with Crippen molar-refractivity contribution in [2.45, 2.75) is 25.8 Å². The number of nitrogens with one attached hydrogen (secondary N) is 2. The number of anilines is 1. The number of hydrogen-bond donors (Lipinski definition) is 2. The standard InChI is InChI=1S/C14H16N6/c1-20(7-12-9-3-2-4-11(9)18-19-12)14-10-5-6-15-13(10)16-8-17-14/h5-6,8H,2-4,7H2,1H3,(H,18,19)(H,15,16,17). The lowest BCUT2D eigenvalue weighted by atomic mass is 10.2. The summed E-state index contributed by atoms with van der Waals surface area (Å²) in [6.07, 6.45) is 6.98. The lowest BCUT2D eigenvalue weighted by Crippen LogP contribution is -2.19. The molecule has 3 aromatic rings. The average molecular weight is 268 g/mol. The van der Waals surface area contributed by atoms with E-state index < -0.39 is 0 Å². The van der Waals surface area contributed by atoms with Gasteiger partial charge >= 0.3 is 0 Å². The third kappa shape index (κ3) is 1.68. The minimum Gasteiger partial charge on any atom is -0.353 e. The van der Waals surface area contributed by atoms with Crippen LogP contribution in [0.3, 0.4) is 0 Å². The van der Waals surface area contributed by atoms with E-state index in [2.05, 4.69) is 30.0 Å². The molecule has 3 aromatic heterocycles. The molecule has 102 valence electrons. The average Bonchev–Trinajstić information content (AvgIpc) is 3.14. The van der Waals surface area contributed by atoms with Gasteiger partial charge in [0.1, 0.15) is 17.8 Å². The molecule has 0 bridgehead atoms. The van der Waals surface area contributed by atoms with Crippen LogP contribution in [-0.4, -0.2) is 32.2 Å². The van der Waals surface area contributed by atoms with Gasteiger partial charge in [0.25, 0.3) is 0 Å². The van der Waals surface area contributed by atoms with Gasteiger partial charge in [-0.3, -0.25) is 5.10 Å². The van der Waals surface area contributed by atoms with Crippen molar-refractivity contribution in [2.75, 3.05) is 11.9 Å². The van der Waals surface area contributed by atoms with Crippen molar-refractivity contribution in [1.29, 1.82) is 0 Å². The van der Waals surface area contributed by atoms with E-state index >= 15 is 0 Å². The maximum Gasteiger partial charge on any atom is 0.142 e. The monoisotopic (exact) mass is 268 g/mol. The summed E-state index contributed by atoms with van der Waals surface area (Å²) in [6, 6.07) is 2.01. The quantitative estimate of drug-likeness (QED) is 0.759. The van der Waals surface area contributed by atoms with Crippen molar-refractivity contribution in [1.82, 2.24) is 25.1 Å². The Morgan fingerprint density at radius 3 is 3.20 bits per heavy atom. The summed E-state index contributed by atoms with van der Waals surface area (Å²) in [6.45, 7) is 0.767. The summed E-state index contributed by atoms with van der Waals surface area (Å²) in [5.41, 5.74) is 4.72. The Bertz CT molecular complexity index is 756. The summed E-state index contributed by atoms with van der Waals surface area (Å²) >= 11 is 0. The molecule has 6 heteroatoms. The van der Waals surface area contributed by atoms with Crippen LogP contribution in [0.15, 0.2) is 18.6 Å². The molecule has 0 aliphatic heterocycles. The first-order valence-corrected chi connectivity index (χ1v) is 6.87. The van der Waals surface area contributed by atoms with Crippen LogP contribution in [0.2, 0.25) is 0 Å². The number of H-pyrrole nitrogens is 2. The van der Waals surface area contributed by atoms with Gasteiger partial charge in [-0.2, -0.15) is 5.10 Å². The molecule has 1 aliphatic carbocycles. The second-order valence-electron chi connectivity index (χ2n) is 5.27. The predicted octanol–water partition coefficient (Wildman–Crippen LogP) is 1.81. The van der Waals surface area contributed by atoms with Crippen molar-refractivity contribution in [3.05, 3.63) is 35.5 Å².